The number of carbonyl (C=O) groups is 1. The highest BCUT2D eigenvalue weighted by molar-refractivity contribution is 5.80. The highest BCUT2D eigenvalue weighted by atomic mass is 16.2. The first kappa shape index (κ1) is 14.4. The molecule has 2 nitrogen and oxygen atoms in total. The van der Waals surface area contributed by atoms with Gasteiger partial charge in [-0.2, -0.15) is 0 Å². The van der Waals surface area contributed by atoms with Crippen LogP contribution in [0.3, 0.4) is 0 Å². The van der Waals surface area contributed by atoms with Crippen molar-refractivity contribution in [3.8, 4) is 0 Å². The van der Waals surface area contributed by atoms with Gasteiger partial charge in [-0.3, -0.25) is 4.79 Å². The predicted molar refractivity (Wildman–Crippen MR) is 85.4 cm³/mol. The molecule has 112 valence electrons. The van der Waals surface area contributed by atoms with Crippen LogP contribution in [0.25, 0.3) is 0 Å². The van der Waals surface area contributed by atoms with Crippen LogP contribution in [0.5, 0.6) is 0 Å². The molecule has 2 aliphatic rings. The van der Waals surface area contributed by atoms with Gasteiger partial charge in [-0.15, -0.1) is 0 Å². The smallest absolute Gasteiger partial charge is 0.227 e. The van der Waals surface area contributed by atoms with Crippen LogP contribution in [-0.2, 0) is 11.3 Å². The zero-order valence-electron chi connectivity index (χ0n) is 13.4. The highest BCUT2D eigenvalue weighted by Gasteiger charge is 2.46. The summed E-state index contributed by atoms with van der Waals surface area (Å²) in [6, 6.07) is 10.4. The molecule has 1 fully saturated rings. The Hall–Kier alpha value is -1.57. The third kappa shape index (κ3) is 2.41. The van der Waals surface area contributed by atoms with Gasteiger partial charge in [0.25, 0.3) is 0 Å². The van der Waals surface area contributed by atoms with Crippen molar-refractivity contribution in [3.63, 3.8) is 0 Å². The summed E-state index contributed by atoms with van der Waals surface area (Å²) in [6.45, 7) is 7.54. The monoisotopic (exact) mass is 283 g/mol. The molecule has 2 heteroatoms. The van der Waals surface area contributed by atoms with Gasteiger partial charge in [0.2, 0.25) is 5.91 Å². The fraction of sp³-hybridized carbons (Fsp3) is 0.526. The second kappa shape index (κ2) is 5.32. The van der Waals surface area contributed by atoms with Crippen LogP contribution >= 0.6 is 0 Å². The Labute approximate surface area is 127 Å². The van der Waals surface area contributed by atoms with E-state index in [1.807, 2.05) is 18.2 Å². The number of carbonyl (C=O) groups excluding carboxylic acids is 1. The fourth-order valence-corrected chi connectivity index (χ4v) is 4.12. The summed E-state index contributed by atoms with van der Waals surface area (Å²) in [6.07, 6.45) is 4.28. The maximum atomic E-state index is 12.6. The first-order valence-electron chi connectivity index (χ1n) is 8.07. The minimum atomic E-state index is 0.172. The number of likely N-dealkylation sites (tertiary alicyclic amines) is 1. The summed E-state index contributed by atoms with van der Waals surface area (Å²) in [5.41, 5.74) is 4.12. The molecular formula is C19H25NO. The normalized spacial score (nSPS) is 29.6. The van der Waals surface area contributed by atoms with E-state index in [-0.39, 0.29) is 5.41 Å². The molecule has 0 radical (unpaired) electrons. The van der Waals surface area contributed by atoms with Gasteiger partial charge in [0.05, 0.1) is 6.54 Å². The molecule has 1 heterocycles. The first-order valence-corrected chi connectivity index (χ1v) is 8.07. The molecule has 1 amide bonds. The van der Waals surface area contributed by atoms with Crippen molar-refractivity contribution in [2.75, 3.05) is 0 Å². The Morgan fingerprint density at radius 1 is 1.29 bits per heavy atom. The molecular weight excluding hydrogens is 258 g/mol. The quantitative estimate of drug-likeness (QED) is 0.781. The number of hydrogen-bond donors (Lipinski definition) is 0. The maximum absolute atomic E-state index is 12.6. The molecule has 0 N–H and O–H groups in total. The number of nitrogens with zero attached hydrogens (tertiary/aromatic N) is 1. The molecule has 1 aromatic rings. The van der Waals surface area contributed by atoms with E-state index in [1.54, 1.807) is 0 Å². The fourth-order valence-electron chi connectivity index (χ4n) is 4.12. The lowest BCUT2D eigenvalue weighted by molar-refractivity contribution is -0.137. The molecule has 0 aromatic heterocycles. The number of fused-ring (bicyclic) bond motifs is 1. The molecule has 3 rings (SSSR count). The second-order valence-corrected chi connectivity index (χ2v) is 6.97. The van der Waals surface area contributed by atoms with E-state index in [9.17, 15) is 4.79 Å². The molecule has 1 aliphatic carbocycles. The molecule has 1 aliphatic heterocycles. The van der Waals surface area contributed by atoms with Crippen LogP contribution < -0.4 is 0 Å². The van der Waals surface area contributed by atoms with Crippen molar-refractivity contribution >= 4 is 5.91 Å². The van der Waals surface area contributed by atoms with E-state index in [4.69, 9.17) is 0 Å². The van der Waals surface area contributed by atoms with Gasteiger partial charge in [0, 0.05) is 17.5 Å². The van der Waals surface area contributed by atoms with Crippen LogP contribution in [0.4, 0.5) is 0 Å². The average molecular weight is 283 g/mol. The van der Waals surface area contributed by atoms with Crippen LogP contribution in [0.1, 0.15) is 52.0 Å². The highest BCUT2D eigenvalue weighted by Crippen LogP contribution is 2.51. The van der Waals surface area contributed by atoms with Crippen molar-refractivity contribution in [2.45, 2.75) is 53.0 Å². The lowest BCUT2D eigenvalue weighted by Crippen LogP contribution is -2.48. The molecule has 0 saturated carbocycles. The van der Waals surface area contributed by atoms with E-state index >= 15 is 0 Å². The lowest BCUT2D eigenvalue weighted by atomic mass is 9.64. The Morgan fingerprint density at radius 2 is 2.00 bits per heavy atom. The van der Waals surface area contributed by atoms with Gasteiger partial charge >= 0.3 is 0 Å². The maximum Gasteiger partial charge on any atom is 0.227 e. The second-order valence-electron chi connectivity index (χ2n) is 6.97. The number of benzene rings is 1. The van der Waals surface area contributed by atoms with Gasteiger partial charge in [0.15, 0.2) is 0 Å². The zero-order valence-corrected chi connectivity index (χ0v) is 13.4. The van der Waals surface area contributed by atoms with Crippen LogP contribution in [0.2, 0.25) is 0 Å². The average Bonchev–Trinajstić information content (AvgIpc) is 2.45. The third-order valence-electron chi connectivity index (χ3n) is 5.52. The molecule has 0 unspecified atom stereocenters. The summed E-state index contributed by atoms with van der Waals surface area (Å²) < 4.78 is 0. The summed E-state index contributed by atoms with van der Waals surface area (Å²) in [4.78, 5) is 14.7. The van der Waals surface area contributed by atoms with Gasteiger partial charge in [-0.05, 0) is 37.7 Å². The minimum Gasteiger partial charge on any atom is -0.311 e. The topological polar surface area (TPSA) is 20.3 Å². The van der Waals surface area contributed by atoms with Crippen molar-refractivity contribution in [1.29, 1.82) is 0 Å². The molecule has 1 aromatic carbocycles. The third-order valence-corrected chi connectivity index (χ3v) is 5.52. The summed E-state index contributed by atoms with van der Waals surface area (Å²) in [5, 5.41) is 0. The Balaban J connectivity index is 2.00. The molecule has 1 saturated heterocycles. The minimum absolute atomic E-state index is 0.172. The summed E-state index contributed by atoms with van der Waals surface area (Å²) in [7, 11) is 0. The Bertz CT molecular complexity index is 574. The molecule has 0 spiro atoms. The van der Waals surface area contributed by atoms with Gasteiger partial charge in [0.1, 0.15) is 0 Å². The van der Waals surface area contributed by atoms with Gasteiger partial charge < -0.3 is 4.90 Å². The Morgan fingerprint density at radius 3 is 2.71 bits per heavy atom. The van der Waals surface area contributed by atoms with Gasteiger partial charge in [-0.1, -0.05) is 49.8 Å². The predicted octanol–water partition coefficient (Wildman–Crippen LogP) is 4.52. The number of piperidine rings is 1. The summed E-state index contributed by atoms with van der Waals surface area (Å²) >= 11 is 0. The number of allylic oxidation sites excluding steroid dienone is 2. The van der Waals surface area contributed by atoms with Crippen molar-refractivity contribution in [2.24, 2.45) is 11.3 Å². The van der Waals surface area contributed by atoms with Crippen molar-refractivity contribution in [3.05, 3.63) is 47.2 Å². The molecule has 2 atom stereocenters. The van der Waals surface area contributed by atoms with E-state index in [1.165, 1.54) is 29.7 Å². The molecule has 0 bridgehead atoms. The van der Waals surface area contributed by atoms with Gasteiger partial charge in [-0.25, -0.2) is 0 Å². The number of hydrogen-bond acceptors (Lipinski definition) is 1. The van der Waals surface area contributed by atoms with E-state index in [0.717, 1.165) is 6.42 Å². The van der Waals surface area contributed by atoms with Crippen LogP contribution in [0, 0.1) is 11.3 Å². The first-order chi connectivity index (χ1) is 10.0. The largest absolute Gasteiger partial charge is 0.311 e. The SMILES string of the molecule is CC1=C2N(Cc3ccccc3)C(=O)C[C@@H](C)[C@]2(C)CCC1. The zero-order chi connectivity index (χ0) is 15.0. The van der Waals surface area contributed by atoms with E-state index < -0.39 is 0 Å². The lowest BCUT2D eigenvalue weighted by Gasteiger charge is -2.50. The van der Waals surface area contributed by atoms with Crippen LogP contribution in [0.15, 0.2) is 41.6 Å². The van der Waals surface area contributed by atoms with Crippen molar-refractivity contribution < 1.29 is 4.79 Å². The van der Waals surface area contributed by atoms with Crippen molar-refractivity contribution in [1.82, 2.24) is 4.90 Å². The molecule has 21 heavy (non-hydrogen) atoms. The number of rotatable bonds is 2. The number of amides is 1. The standard InChI is InChI=1S/C19H25NO/c1-14-8-7-11-19(3)15(2)12-17(21)20(18(14)19)13-16-9-5-4-6-10-16/h4-6,9-10,15H,7-8,11-13H2,1-3H3/t15-,19+/m1/s1. The van der Waals surface area contributed by atoms with E-state index in [2.05, 4.69) is 37.8 Å². The van der Waals surface area contributed by atoms with E-state index in [0.29, 0.717) is 24.8 Å². The van der Waals surface area contributed by atoms with Crippen LogP contribution in [-0.4, -0.2) is 10.8 Å². The Kier molecular flexibility index (Phi) is 3.64. The summed E-state index contributed by atoms with van der Waals surface area (Å²) in [5.74, 6) is 0.738.